The number of aromatic nitrogens is 4. The van der Waals surface area contributed by atoms with Gasteiger partial charge in [-0.25, -0.2) is 4.98 Å². The number of piperidine rings is 2. The Hall–Kier alpha value is -2.77. The number of aryl methyl sites for hydroxylation is 2. The summed E-state index contributed by atoms with van der Waals surface area (Å²) in [4.78, 5) is 13.4. The van der Waals surface area contributed by atoms with E-state index in [9.17, 15) is 5.11 Å². The first-order chi connectivity index (χ1) is 15.5. The van der Waals surface area contributed by atoms with E-state index in [1.165, 1.54) is 22.3 Å². The number of benzene rings is 1. The summed E-state index contributed by atoms with van der Waals surface area (Å²) in [5.41, 5.74) is 6.28. The monoisotopic (exact) mass is 432 g/mol. The molecule has 0 amide bonds. The maximum absolute atomic E-state index is 10.6. The maximum Gasteiger partial charge on any atom is 0.147 e. The first-order valence-electron chi connectivity index (χ1n) is 11.5. The van der Waals surface area contributed by atoms with Crippen LogP contribution in [0.1, 0.15) is 36.0 Å². The molecule has 0 aliphatic carbocycles. The molecule has 2 saturated heterocycles. The number of β-amino-alcohol motifs (C(OH)–C–C–N with tert-alkyl or cyclic N) is 1. The number of nitrogens with zero attached hydrogens (tertiary/aromatic N) is 5. The molecule has 2 aliphatic rings. The van der Waals surface area contributed by atoms with Crippen molar-refractivity contribution in [2.45, 2.75) is 45.8 Å². The largest absolute Gasteiger partial charge is 0.391 e. The van der Waals surface area contributed by atoms with Crippen LogP contribution in [0.15, 0.2) is 43.0 Å². The number of H-pyrrole nitrogens is 1. The molecule has 32 heavy (non-hydrogen) atoms. The van der Waals surface area contributed by atoms with Crippen molar-refractivity contribution in [1.29, 1.82) is 0 Å². The van der Waals surface area contributed by atoms with Crippen LogP contribution in [-0.2, 0) is 6.54 Å². The summed E-state index contributed by atoms with van der Waals surface area (Å²) in [5, 5.41) is 18.2. The minimum Gasteiger partial charge on any atom is -0.391 e. The van der Waals surface area contributed by atoms with Gasteiger partial charge in [0, 0.05) is 43.2 Å². The zero-order valence-corrected chi connectivity index (χ0v) is 19.0. The Morgan fingerprint density at radius 3 is 2.78 bits per heavy atom. The summed E-state index contributed by atoms with van der Waals surface area (Å²) in [7, 11) is 0. The Morgan fingerprint density at radius 2 is 2.00 bits per heavy atom. The van der Waals surface area contributed by atoms with Crippen LogP contribution in [0.25, 0.3) is 11.3 Å². The van der Waals surface area contributed by atoms with Crippen molar-refractivity contribution < 1.29 is 5.11 Å². The fourth-order valence-electron chi connectivity index (χ4n) is 5.44. The topological polar surface area (TPSA) is 81.2 Å². The second-order valence-electron chi connectivity index (χ2n) is 9.67. The van der Waals surface area contributed by atoms with E-state index in [2.05, 4.69) is 62.0 Å². The molecule has 4 heterocycles. The second-order valence-corrected chi connectivity index (χ2v) is 9.67. The standard InChI is InChI=1S/C25H32N6O/c1-18-3-4-19(2)22(11-18)24-20(13-28-29-24)15-30-9-5-25(6-10-30)12-21(32)16-31(17-25)23-14-26-7-8-27-23/h3-4,7-8,11,13-14,21,32H,5-6,9-10,12,15-17H2,1-2H3,(H,28,29). The summed E-state index contributed by atoms with van der Waals surface area (Å²) >= 11 is 0. The number of hydrogen-bond donors (Lipinski definition) is 2. The number of aromatic amines is 1. The van der Waals surface area contributed by atoms with E-state index < -0.39 is 0 Å². The molecule has 1 unspecified atom stereocenters. The van der Waals surface area contributed by atoms with Crippen molar-refractivity contribution in [3.05, 3.63) is 59.7 Å². The summed E-state index contributed by atoms with van der Waals surface area (Å²) in [6.45, 7) is 8.81. The first-order valence-corrected chi connectivity index (χ1v) is 11.5. The number of aliphatic hydroxyl groups excluding tert-OH is 1. The molecule has 1 aromatic carbocycles. The fourth-order valence-corrected chi connectivity index (χ4v) is 5.44. The predicted molar refractivity (Wildman–Crippen MR) is 125 cm³/mol. The molecule has 5 rings (SSSR count). The highest BCUT2D eigenvalue weighted by Gasteiger charge is 2.42. The van der Waals surface area contributed by atoms with Gasteiger partial charge < -0.3 is 10.0 Å². The highest BCUT2D eigenvalue weighted by molar-refractivity contribution is 5.67. The van der Waals surface area contributed by atoms with E-state index in [-0.39, 0.29) is 11.5 Å². The Bertz CT molecular complexity index is 1060. The van der Waals surface area contributed by atoms with Gasteiger partial charge in [0.2, 0.25) is 0 Å². The third-order valence-corrected chi connectivity index (χ3v) is 7.19. The average Bonchev–Trinajstić information content (AvgIpc) is 3.25. The lowest BCUT2D eigenvalue weighted by Crippen LogP contribution is -2.54. The first kappa shape index (κ1) is 21.1. The van der Waals surface area contributed by atoms with E-state index >= 15 is 0 Å². The Labute approximate surface area is 189 Å². The molecule has 2 N–H and O–H groups in total. The SMILES string of the molecule is Cc1ccc(C)c(-c2[nH]ncc2CN2CCC3(CC2)CC(O)CN(c2cnccn2)C3)c1. The van der Waals surface area contributed by atoms with Gasteiger partial charge in [-0.15, -0.1) is 0 Å². The van der Waals surface area contributed by atoms with E-state index in [0.29, 0.717) is 6.54 Å². The van der Waals surface area contributed by atoms with Gasteiger partial charge in [0.1, 0.15) is 5.82 Å². The molecule has 0 saturated carbocycles. The van der Waals surface area contributed by atoms with Crippen molar-refractivity contribution >= 4 is 5.82 Å². The molecule has 168 valence electrons. The number of rotatable bonds is 4. The Balaban J connectivity index is 1.27. The predicted octanol–water partition coefficient (Wildman–Crippen LogP) is 3.34. The third-order valence-electron chi connectivity index (χ3n) is 7.19. The lowest BCUT2D eigenvalue weighted by atomic mass is 9.71. The van der Waals surface area contributed by atoms with Crippen LogP contribution in [0.5, 0.6) is 0 Å². The molecule has 1 spiro atoms. The zero-order chi connectivity index (χ0) is 22.1. The van der Waals surface area contributed by atoms with Crippen LogP contribution in [0.4, 0.5) is 5.82 Å². The summed E-state index contributed by atoms with van der Waals surface area (Å²) in [6, 6.07) is 6.57. The van der Waals surface area contributed by atoms with Gasteiger partial charge in [0.15, 0.2) is 0 Å². The van der Waals surface area contributed by atoms with E-state index in [1.54, 1.807) is 18.6 Å². The van der Waals surface area contributed by atoms with Crippen LogP contribution >= 0.6 is 0 Å². The number of likely N-dealkylation sites (tertiary alicyclic amines) is 1. The second kappa shape index (κ2) is 8.64. The van der Waals surface area contributed by atoms with E-state index in [4.69, 9.17) is 0 Å². The highest BCUT2D eigenvalue weighted by Crippen LogP contribution is 2.41. The number of nitrogens with one attached hydrogen (secondary N) is 1. The molecule has 0 bridgehead atoms. The molecule has 7 heteroatoms. The minimum atomic E-state index is -0.318. The molecule has 2 fully saturated rings. The van der Waals surface area contributed by atoms with Gasteiger partial charge in [-0.3, -0.25) is 15.0 Å². The van der Waals surface area contributed by atoms with Gasteiger partial charge in [0.25, 0.3) is 0 Å². The van der Waals surface area contributed by atoms with Crippen molar-refractivity contribution in [2.24, 2.45) is 5.41 Å². The quantitative estimate of drug-likeness (QED) is 0.658. The summed E-state index contributed by atoms with van der Waals surface area (Å²) in [6.07, 6.45) is 9.91. The molecule has 1 atom stereocenters. The molecule has 2 aromatic heterocycles. The van der Waals surface area contributed by atoms with Crippen molar-refractivity contribution in [3.63, 3.8) is 0 Å². The Morgan fingerprint density at radius 1 is 1.16 bits per heavy atom. The smallest absolute Gasteiger partial charge is 0.147 e. The van der Waals surface area contributed by atoms with Gasteiger partial charge in [0.05, 0.1) is 24.2 Å². The van der Waals surface area contributed by atoms with Crippen LogP contribution in [-0.4, -0.2) is 62.5 Å². The molecular formula is C25H32N6O. The van der Waals surface area contributed by atoms with E-state index in [0.717, 1.165) is 57.0 Å². The maximum atomic E-state index is 10.6. The van der Waals surface area contributed by atoms with Gasteiger partial charge in [-0.2, -0.15) is 5.10 Å². The normalized spacial score (nSPS) is 21.2. The number of hydrogen-bond acceptors (Lipinski definition) is 6. The average molecular weight is 433 g/mol. The van der Waals surface area contributed by atoms with Crippen molar-refractivity contribution in [2.75, 3.05) is 31.1 Å². The number of aliphatic hydroxyl groups is 1. The van der Waals surface area contributed by atoms with Crippen LogP contribution in [0.2, 0.25) is 0 Å². The van der Waals surface area contributed by atoms with E-state index in [1.807, 2.05) is 6.20 Å². The summed E-state index contributed by atoms with van der Waals surface area (Å²) in [5.74, 6) is 0.865. The minimum absolute atomic E-state index is 0.137. The van der Waals surface area contributed by atoms with Crippen molar-refractivity contribution in [3.8, 4) is 11.3 Å². The Kier molecular flexibility index (Phi) is 5.69. The summed E-state index contributed by atoms with van der Waals surface area (Å²) < 4.78 is 0. The third kappa shape index (κ3) is 4.27. The van der Waals surface area contributed by atoms with Crippen LogP contribution < -0.4 is 4.90 Å². The molecule has 7 nitrogen and oxygen atoms in total. The molecular weight excluding hydrogens is 400 g/mol. The molecule has 3 aromatic rings. The number of anilines is 1. The van der Waals surface area contributed by atoms with Crippen molar-refractivity contribution in [1.82, 2.24) is 25.1 Å². The molecule has 2 aliphatic heterocycles. The highest BCUT2D eigenvalue weighted by atomic mass is 16.3. The van der Waals surface area contributed by atoms with Crippen LogP contribution in [0, 0.1) is 19.3 Å². The fraction of sp³-hybridized carbons (Fsp3) is 0.480. The van der Waals surface area contributed by atoms with Gasteiger partial charge >= 0.3 is 0 Å². The zero-order valence-electron chi connectivity index (χ0n) is 19.0. The van der Waals surface area contributed by atoms with Crippen LogP contribution in [0.3, 0.4) is 0 Å². The lowest BCUT2D eigenvalue weighted by molar-refractivity contribution is 0.0244. The van der Waals surface area contributed by atoms with Gasteiger partial charge in [-0.1, -0.05) is 17.7 Å². The van der Waals surface area contributed by atoms with Gasteiger partial charge in [-0.05, 0) is 63.2 Å². The lowest BCUT2D eigenvalue weighted by Gasteiger charge is -2.49. The molecule has 0 radical (unpaired) electrons.